The zero-order valence-corrected chi connectivity index (χ0v) is 12.6. The van der Waals surface area contributed by atoms with Gasteiger partial charge in [-0.3, -0.25) is 4.98 Å². The molecule has 0 unspecified atom stereocenters. The van der Waals surface area contributed by atoms with Gasteiger partial charge < -0.3 is 4.74 Å². The molecule has 0 atom stereocenters. The smallest absolute Gasteiger partial charge is 0.178 e. The van der Waals surface area contributed by atoms with Crippen molar-refractivity contribution in [3.63, 3.8) is 0 Å². The number of hydrogen-bond donors (Lipinski definition) is 0. The van der Waals surface area contributed by atoms with Gasteiger partial charge in [0.25, 0.3) is 0 Å². The van der Waals surface area contributed by atoms with Gasteiger partial charge in [0, 0.05) is 11.9 Å². The predicted octanol–water partition coefficient (Wildman–Crippen LogP) is 3.30. The number of aryl methyl sites for hydroxylation is 1. The van der Waals surface area contributed by atoms with Crippen LogP contribution in [0.25, 0.3) is 11.5 Å². The molecule has 0 saturated heterocycles. The zero-order chi connectivity index (χ0) is 16.1. The SMILES string of the molecule is Cc1cc(COc2ccccc2C#N)nc(-c2ccccn2)n1. The van der Waals surface area contributed by atoms with Crippen molar-refractivity contribution in [3.05, 3.63) is 71.7 Å². The Morgan fingerprint density at radius 1 is 1.09 bits per heavy atom. The molecule has 0 aliphatic rings. The Morgan fingerprint density at radius 2 is 1.91 bits per heavy atom. The fourth-order valence-corrected chi connectivity index (χ4v) is 2.15. The number of benzene rings is 1. The summed E-state index contributed by atoms with van der Waals surface area (Å²) in [4.78, 5) is 13.2. The highest BCUT2D eigenvalue weighted by Gasteiger charge is 2.08. The van der Waals surface area contributed by atoms with E-state index in [1.165, 1.54) is 0 Å². The molecule has 0 N–H and O–H groups in total. The normalized spacial score (nSPS) is 10.1. The van der Waals surface area contributed by atoms with Crippen molar-refractivity contribution >= 4 is 0 Å². The lowest BCUT2D eigenvalue weighted by atomic mass is 10.2. The molecule has 0 aliphatic heterocycles. The van der Waals surface area contributed by atoms with Crippen molar-refractivity contribution in [3.8, 4) is 23.3 Å². The topological polar surface area (TPSA) is 71.7 Å². The molecular formula is C18H14N4O. The molecule has 112 valence electrons. The highest BCUT2D eigenvalue weighted by molar-refractivity contribution is 5.49. The lowest BCUT2D eigenvalue weighted by molar-refractivity contribution is 0.300. The second kappa shape index (κ2) is 6.67. The van der Waals surface area contributed by atoms with E-state index in [-0.39, 0.29) is 6.61 Å². The number of rotatable bonds is 4. The summed E-state index contributed by atoms with van der Waals surface area (Å²) in [6, 6.07) is 16.7. The number of nitrogens with zero attached hydrogens (tertiary/aromatic N) is 4. The summed E-state index contributed by atoms with van der Waals surface area (Å²) in [5.74, 6) is 1.11. The summed E-state index contributed by atoms with van der Waals surface area (Å²) < 4.78 is 5.73. The largest absolute Gasteiger partial charge is 0.486 e. The monoisotopic (exact) mass is 302 g/mol. The van der Waals surface area contributed by atoms with Crippen molar-refractivity contribution in [1.82, 2.24) is 15.0 Å². The van der Waals surface area contributed by atoms with E-state index in [2.05, 4.69) is 21.0 Å². The molecule has 1 aromatic carbocycles. The Labute approximate surface area is 134 Å². The molecule has 5 nitrogen and oxygen atoms in total. The molecule has 5 heteroatoms. The number of pyridine rings is 1. The number of para-hydroxylation sites is 1. The van der Waals surface area contributed by atoms with Gasteiger partial charge in [-0.05, 0) is 37.3 Å². The average molecular weight is 302 g/mol. The van der Waals surface area contributed by atoms with Crippen molar-refractivity contribution < 1.29 is 4.74 Å². The standard InChI is InChI=1S/C18H14N4O/c1-13-10-15(12-23-17-8-3-2-6-14(17)11-19)22-18(21-13)16-7-4-5-9-20-16/h2-10H,12H2,1H3. The van der Waals surface area contributed by atoms with Crippen molar-refractivity contribution in [2.24, 2.45) is 0 Å². The summed E-state index contributed by atoms with van der Waals surface area (Å²) in [5, 5.41) is 9.09. The Bertz CT molecular complexity index is 856. The summed E-state index contributed by atoms with van der Waals surface area (Å²) in [6.07, 6.45) is 1.71. The lowest BCUT2D eigenvalue weighted by Crippen LogP contribution is -2.03. The van der Waals surface area contributed by atoms with E-state index in [9.17, 15) is 0 Å². The molecule has 0 saturated carbocycles. The van der Waals surface area contributed by atoms with Crippen LogP contribution in [0.1, 0.15) is 17.0 Å². The number of nitriles is 1. The molecule has 0 fully saturated rings. The minimum absolute atomic E-state index is 0.266. The Morgan fingerprint density at radius 3 is 2.70 bits per heavy atom. The maximum Gasteiger partial charge on any atom is 0.178 e. The lowest BCUT2D eigenvalue weighted by Gasteiger charge is -2.09. The average Bonchev–Trinajstić information content (AvgIpc) is 2.60. The van der Waals surface area contributed by atoms with Crippen LogP contribution in [0.4, 0.5) is 0 Å². The molecule has 0 bridgehead atoms. The van der Waals surface area contributed by atoms with Gasteiger partial charge in [0.1, 0.15) is 24.1 Å². The van der Waals surface area contributed by atoms with Crippen molar-refractivity contribution in [2.75, 3.05) is 0 Å². The van der Waals surface area contributed by atoms with Crippen LogP contribution in [-0.4, -0.2) is 15.0 Å². The molecular weight excluding hydrogens is 288 g/mol. The van der Waals surface area contributed by atoms with Gasteiger partial charge in [-0.15, -0.1) is 0 Å². The van der Waals surface area contributed by atoms with Gasteiger partial charge >= 0.3 is 0 Å². The second-order valence-electron chi connectivity index (χ2n) is 4.94. The van der Waals surface area contributed by atoms with Gasteiger partial charge in [0.2, 0.25) is 0 Å². The van der Waals surface area contributed by atoms with Gasteiger partial charge in [0.15, 0.2) is 5.82 Å². The van der Waals surface area contributed by atoms with E-state index >= 15 is 0 Å². The first-order valence-corrected chi connectivity index (χ1v) is 7.14. The van der Waals surface area contributed by atoms with Gasteiger partial charge in [-0.25, -0.2) is 9.97 Å². The highest BCUT2D eigenvalue weighted by Crippen LogP contribution is 2.19. The van der Waals surface area contributed by atoms with E-state index in [1.54, 1.807) is 24.4 Å². The fraction of sp³-hybridized carbons (Fsp3) is 0.111. The quantitative estimate of drug-likeness (QED) is 0.739. The fourth-order valence-electron chi connectivity index (χ4n) is 2.15. The Kier molecular flexibility index (Phi) is 4.25. The zero-order valence-electron chi connectivity index (χ0n) is 12.6. The van der Waals surface area contributed by atoms with E-state index in [4.69, 9.17) is 10.00 Å². The third kappa shape index (κ3) is 3.50. The van der Waals surface area contributed by atoms with Crippen molar-refractivity contribution in [1.29, 1.82) is 5.26 Å². The number of hydrogen-bond acceptors (Lipinski definition) is 5. The molecule has 3 rings (SSSR count). The molecule has 0 radical (unpaired) electrons. The number of aromatic nitrogens is 3. The Balaban J connectivity index is 1.84. The third-order valence-electron chi connectivity index (χ3n) is 3.18. The first-order valence-electron chi connectivity index (χ1n) is 7.14. The summed E-state index contributed by atoms with van der Waals surface area (Å²) in [5.41, 5.74) is 2.80. The van der Waals surface area contributed by atoms with E-state index in [1.807, 2.05) is 37.3 Å². The highest BCUT2D eigenvalue weighted by atomic mass is 16.5. The maximum absolute atomic E-state index is 9.09. The molecule has 2 heterocycles. The van der Waals surface area contributed by atoms with E-state index in [0.717, 1.165) is 17.1 Å². The third-order valence-corrected chi connectivity index (χ3v) is 3.18. The first-order chi connectivity index (χ1) is 11.3. The van der Waals surface area contributed by atoms with Gasteiger partial charge in [-0.2, -0.15) is 5.26 Å². The first kappa shape index (κ1) is 14.7. The van der Waals surface area contributed by atoms with Crippen LogP contribution in [0, 0.1) is 18.3 Å². The van der Waals surface area contributed by atoms with Crippen LogP contribution in [-0.2, 0) is 6.61 Å². The molecule has 2 aromatic heterocycles. The molecule has 0 amide bonds. The molecule has 23 heavy (non-hydrogen) atoms. The van der Waals surface area contributed by atoms with Crippen LogP contribution in [0.5, 0.6) is 5.75 Å². The summed E-state index contributed by atoms with van der Waals surface area (Å²) in [7, 11) is 0. The van der Waals surface area contributed by atoms with Crippen LogP contribution in [0.15, 0.2) is 54.7 Å². The second-order valence-corrected chi connectivity index (χ2v) is 4.94. The van der Waals surface area contributed by atoms with Gasteiger partial charge in [0.05, 0.1) is 11.3 Å². The van der Waals surface area contributed by atoms with E-state index < -0.39 is 0 Å². The summed E-state index contributed by atoms with van der Waals surface area (Å²) in [6.45, 7) is 2.17. The molecule has 0 aliphatic carbocycles. The molecule has 3 aromatic rings. The summed E-state index contributed by atoms with van der Waals surface area (Å²) >= 11 is 0. The van der Waals surface area contributed by atoms with E-state index in [0.29, 0.717) is 17.1 Å². The minimum atomic E-state index is 0.266. The van der Waals surface area contributed by atoms with Gasteiger partial charge in [-0.1, -0.05) is 18.2 Å². The maximum atomic E-state index is 9.09. The van der Waals surface area contributed by atoms with Crippen LogP contribution >= 0.6 is 0 Å². The van der Waals surface area contributed by atoms with Crippen LogP contribution < -0.4 is 4.74 Å². The minimum Gasteiger partial charge on any atom is -0.486 e. The van der Waals surface area contributed by atoms with Crippen LogP contribution in [0.2, 0.25) is 0 Å². The predicted molar refractivity (Wildman–Crippen MR) is 85.5 cm³/mol. The van der Waals surface area contributed by atoms with Crippen molar-refractivity contribution in [2.45, 2.75) is 13.5 Å². The Hall–Kier alpha value is -3.26. The number of ether oxygens (including phenoxy) is 1. The van der Waals surface area contributed by atoms with Crippen LogP contribution in [0.3, 0.4) is 0 Å². The molecule has 0 spiro atoms.